The quantitative estimate of drug-likeness (QED) is 0.846. The van der Waals surface area contributed by atoms with Crippen molar-refractivity contribution < 1.29 is 9.90 Å². The van der Waals surface area contributed by atoms with Crippen molar-refractivity contribution in [1.82, 2.24) is 4.90 Å². The van der Waals surface area contributed by atoms with Crippen molar-refractivity contribution in [2.45, 2.75) is 46.6 Å². The second kappa shape index (κ2) is 8.49. The summed E-state index contributed by atoms with van der Waals surface area (Å²) in [7, 11) is 0. The van der Waals surface area contributed by atoms with Crippen LogP contribution < -0.4 is 0 Å². The topological polar surface area (TPSA) is 40.5 Å². The van der Waals surface area contributed by atoms with E-state index in [1.54, 1.807) is 0 Å². The fourth-order valence-electron chi connectivity index (χ4n) is 2.19. The predicted molar refractivity (Wildman–Crippen MR) is 86.2 cm³/mol. The molecule has 0 radical (unpaired) electrons. The largest absolute Gasteiger partial charge is 0.395 e. The van der Waals surface area contributed by atoms with Crippen LogP contribution in [0.4, 0.5) is 0 Å². The number of aliphatic hydroxyl groups is 1. The van der Waals surface area contributed by atoms with E-state index in [0.29, 0.717) is 18.5 Å². The maximum atomic E-state index is 12.6. The van der Waals surface area contributed by atoms with Gasteiger partial charge in [0.05, 0.1) is 6.61 Å². The molecule has 0 bridgehead atoms. The van der Waals surface area contributed by atoms with Gasteiger partial charge in [-0.2, -0.15) is 0 Å². The molecule has 1 unspecified atom stereocenters. The summed E-state index contributed by atoms with van der Waals surface area (Å²) in [5, 5.41) is 8.74. The molecule has 1 aromatic carbocycles. The lowest BCUT2D eigenvalue weighted by atomic mass is 10.0. The average molecular weight is 287 g/mol. The molecule has 0 spiro atoms. The van der Waals surface area contributed by atoms with Crippen molar-refractivity contribution in [1.29, 1.82) is 0 Å². The number of amides is 1. The highest BCUT2D eigenvalue weighted by Crippen LogP contribution is 2.15. The van der Waals surface area contributed by atoms with Gasteiger partial charge in [-0.3, -0.25) is 4.79 Å². The molecular weight excluding hydrogens is 262 g/mol. The zero-order valence-electron chi connectivity index (χ0n) is 13.4. The van der Waals surface area contributed by atoms with Gasteiger partial charge in [0.15, 0.2) is 0 Å². The van der Waals surface area contributed by atoms with Gasteiger partial charge in [0.1, 0.15) is 0 Å². The zero-order valence-corrected chi connectivity index (χ0v) is 13.4. The van der Waals surface area contributed by atoms with Crippen LogP contribution in [0.15, 0.2) is 18.2 Å². The van der Waals surface area contributed by atoms with Crippen molar-refractivity contribution in [3.63, 3.8) is 0 Å². The maximum absolute atomic E-state index is 12.6. The number of hydrogen-bond acceptors (Lipinski definition) is 2. The third-order valence-electron chi connectivity index (χ3n) is 3.66. The van der Waals surface area contributed by atoms with E-state index in [-0.39, 0.29) is 18.6 Å². The smallest absolute Gasteiger partial charge is 0.254 e. The van der Waals surface area contributed by atoms with Crippen molar-refractivity contribution in [3.8, 4) is 11.8 Å². The van der Waals surface area contributed by atoms with E-state index in [2.05, 4.69) is 25.7 Å². The number of benzene rings is 1. The summed E-state index contributed by atoms with van der Waals surface area (Å²) in [4.78, 5) is 14.5. The number of rotatable bonds is 5. The summed E-state index contributed by atoms with van der Waals surface area (Å²) in [6, 6.07) is 5.86. The second-order valence-corrected chi connectivity index (χ2v) is 5.15. The molecule has 3 heteroatoms. The van der Waals surface area contributed by atoms with Crippen LogP contribution in [0.5, 0.6) is 0 Å². The minimum Gasteiger partial charge on any atom is -0.395 e. The van der Waals surface area contributed by atoms with Crippen molar-refractivity contribution in [3.05, 3.63) is 34.9 Å². The Kier molecular flexibility index (Phi) is 6.98. The zero-order chi connectivity index (χ0) is 15.8. The van der Waals surface area contributed by atoms with Crippen molar-refractivity contribution in [2.75, 3.05) is 13.2 Å². The molecule has 3 nitrogen and oxygen atoms in total. The third-order valence-corrected chi connectivity index (χ3v) is 3.66. The van der Waals surface area contributed by atoms with Crippen LogP contribution in [0.2, 0.25) is 0 Å². The first-order chi connectivity index (χ1) is 10.0. The van der Waals surface area contributed by atoms with Crippen molar-refractivity contribution in [2.24, 2.45) is 0 Å². The first-order valence-corrected chi connectivity index (χ1v) is 7.56. The van der Waals surface area contributed by atoms with E-state index >= 15 is 0 Å². The third kappa shape index (κ3) is 4.61. The van der Waals surface area contributed by atoms with Gasteiger partial charge in [0, 0.05) is 30.1 Å². The second-order valence-electron chi connectivity index (χ2n) is 5.15. The lowest BCUT2D eigenvalue weighted by Gasteiger charge is -2.27. The first-order valence-electron chi connectivity index (χ1n) is 7.56. The lowest BCUT2D eigenvalue weighted by molar-refractivity contribution is 0.0700. The Labute approximate surface area is 128 Å². The Balaban J connectivity index is 2.98. The van der Waals surface area contributed by atoms with E-state index < -0.39 is 0 Å². The normalized spacial score (nSPS) is 11.5. The molecule has 114 valence electrons. The summed E-state index contributed by atoms with van der Waals surface area (Å²) < 4.78 is 0. The SMILES string of the molecule is CCC(C)N(CC)C(=O)c1ccc(C#CCCO)c(C)c1. The highest BCUT2D eigenvalue weighted by Gasteiger charge is 2.18. The first kappa shape index (κ1) is 17.3. The maximum Gasteiger partial charge on any atom is 0.254 e. The van der Waals surface area contributed by atoms with Gasteiger partial charge >= 0.3 is 0 Å². The molecule has 21 heavy (non-hydrogen) atoms. The van der Waals surface area contributed by atoms with E-state index in [1.165, 1.54) is 0 Å². The van der Waals surface area contributed by atoms with Crippen LogP contribution in [-0.2, 0) is 0 Å². The molecule has 1 rings (SSSR count). The fourth-order valence-corrected chi connectivity index (χ4v) is 2.19. The number of aliphatic hydroxyl groups excluding tert-OH is 1. The monoisotopic (exact) mass is 287 g/mol. The molecule has 0 aliphatic rings. The van der Waals surface area contributed by atoms with E-state index in [9.17, 15) is 4.79 Å². The number of hydrogen-bond donors (Lipinski definition) is 1. The molecule has 0 fully saturated rings. The Hall–Kier alpha value is -1.79. The summed E-state index contributed by atoms with van der Waals surface area (Å²) in [6.07, 6.45) is 1.42. The Morgan fingerprint density at radius 1 is 1.38 bits per heavy atom. The van der Waals surface area contributed by atoms with E-state index in [4.69, 9.17) is 5.11 Å². The average Bonchev–Trinajstić information content (AvgIpc) is 2.49. The predicted octanol–water partition coefficient (Wildman–Crippen LogP) is 2.99. The Bertz CT molecular complexity index is 540. The highest BCUT2D eigenvalue weighted by atomic mass is 16.2. The van der Waals surface area contributed by atoms with E-state index in [0.717, 1.165) is 17.5 Å². The summed E-state index contributed by atoms with van der Waals surface area (Å²) >= 11 is 0. The molecule has 0 aliphatic carbocycles. The highest BCUT2D eigenvalue weighted by molar-refractivity contribution is 5.94. The molecule has 0 saturated carbocycles. The van der Waals surface area contributed by atoms with Gasteiger partial charge in [-0.1, -0.05) is 18.8 Å². The van der Waals surface area contributed by atoms with Gasteiger partial charge in [-0.05, 0) is 51.0 Å². The Morgan fingerprint density at radius 2 is 2.10 bits per heavy atom. The van der Waals surface area contributed by atoms with Crippen LogP contribution in [-0.4, -0.2) is 35.1 Å². The van der Waals surface area contributed by atoms with Gasteiger partial charge in [-0.15, -0.1) is 0 Å². The van der Waals surface area contributed by atoms with Gasteiger partial charge < -0.3 is 10.0 Å². The molecule has 1 atom stereocenters. The summed E-state index contributed by atoms with van der Waals surface area (Å²) in [5.41, 5.74) is 2.61. The summed E-state index contributed by atoms with van der Waals surface area (Å²) in [6.45, 7) is 8.91. The van der Waals surface area contributed by atoms with Gasteiger partial charge in [0.25, 0.3) is 5.91 Å². The van der Waals surface area contributed by atoms with Crippen LogP contribution in [0.1, 0.15) is 55.1 Å². The molecule has 0 saturated heterocycles. The molecule has 0 aromatic heterocycles. The Morgan fingerprint density at radius 3 is 2.62 bits per heavy atom. The van der Waals surface area contributed by atoms with Crippen molar-refractivity contribution >= 4 is 5.91 Å². The number of nitrogens with zero attached hydrogens (tertiary/aromatic N) is 1. The molecule has 0 aliphatic heterocycles. The van der Waals surface area contributed by atoms with E-state index in [1.807, 2.05) is 36.9 Å². The van der Waals surface area contributed by atoms with Crippen LogP contribution in [0.3, 0.4) is 0 Å². The van der Waals surface area contributed by atoms with Crippen LogP contribution in [0, 0.1) is 18.8 Å². The summed E-state index contributed by atoms with van der Waals surface area (Å²) in [5.74, 6) is 6.00. The molecule has 1 N–H and O–H groups in total. The fraction of sp³-hybridized carbons (Fsp3) is 0.500. The minimum atomic E-state index is 0.0724. The van der Waals surface area contributed by atoms with Gasteiger partial charge in [-0.25, -0.2) is 0 Å². The minimum absolute atomic E-state index is 0.0724. The van der Waals surface area contributed by atoms with Crippen LogP contribution in [0.25, 0.3) is 0 Å². The molecule has 1 amide bonds. The molecule has 0 heterocycles. The number of aryl methyl sites for hydroxylation is 1. The standard InChI is InChI=1S/C18H25NO2/c1-5-15(4)19(6-2)18(21)17-11-10-16(14(3)13-17)9-7-8-12-20/h10-11,13,15,20H,5-6,8,12H2,1-4H3. The van der Waals surface area contributed by atoms with Crippen LogP contribution >= 0.6 is 0 Å². The number of carbonyl (C=O) groups excluding carboxylic acids is 1. The van der Waals surface area contributed by atoms with Gasteiger partial charge in [0.2, 0.25) is 0 Å². The lowest BCUT2D eigenvalue weighted by Crippen LogP contribution is -2.38. The number of carbonyl (C=O) groups is 1. The molecule has 1 aromatic rings. The molecular formula is C18H25NO2.